The van der Waals surface area contributed by atoms with E-state index in [1.54, 1.807) is 18.9 Å². The summed E-state index contributed by atoms with van der Waals surface area (Å²) in [5, 5.41) is 10.4. The number of aliphatic hydroxyl groups excluding tert-OH is 1. The zero-order valence-electron chi connectivity index (χ0n) is 15.1. The van der Waals surface area contributed by atoms with Crippen LogP contribution >= 0.6 is 0 Å². The van der Waals surface area contributed by atoms with Crippen molar-refractivity contribution in [3.8, 4) is 23.8 Å². The third kappa shape index (κ3) is 3.67. The molecule has 1 fully saturated rings. The number of ether oxygens (including phenoxy) is 3. The van der Waals surface area contributed by atoms with Crippen LogP contribution in [0.25, 0.3) is 0 Å². The Morgan fingerprint density at radius 3 is 2.76 bits per heavy atom. The van der Waals surface area contributed by atoms with Gasteiger partial charge in [0.1, 0.15) is 6.61 Å². The highest BCUT2D eigenvalue weighted by atomic mass is 16.5. The largest absolute Gasteiger partial charge is 0.493 e. The lowest BCUT2D eigenvalue weighted by molar-refractivity contribution is 0.0470. The lowest BCUT2D eigenvalue weighted by Gasteiger charge is -2.33. The lowest BCUT2D eigenvalue weighted by atomic mass is 9.72. The summed E-state index contributed by atoms with van der Waals surface area (Å²) in [6.45, 7) is 4.71. The molecule has 0 saturated carbocycles. The first-order valence-electron chi connectivity index (χ1n) is 8.12. The van der Waals surface area contributed by atoms with Crippen LogP contribution in [0.3, 0.4) is 0 Å². The van der Waals surface area contributed by atoms with Crippen molar-refractivity contribution in [1.82, 2.24) is 4.90 Å². The molecule has 1 aromatic carbocycles. The minimum Gasteiger partial charge on any atom is -0.493 e. The van der Waals surface area contributed by atoms with Gasteiger partial charge in [0, 0.05) is 24.4 Å². The van der Waals surface area contributed by atoms with Crippen LogP contribution in [0, 0.1) is 17.8 Å². The van der Waals surface area contributed by atoms with Crippen LogP contribution in [0.15, 0.2) is 18.2 Å². The normalized spacial score (nSPS) is 23.7. The van der Waals surface area contributed by atoms with Crippen LogP contribution in [-0.2, 0) is 4.74 Å². The second kappa shape index (κ2) is 7.66. The van der Waals surface area contributed by atoms with E-state index in [1.807, 2.05) is 25.1 Å². The first kappa shape index (κ1) is 18.9. The number of likely N-dealkylation sites (tertiary alicyclic amines) is 1. The van der Waals surface area contributed by atoms with E-state index in [1.165, 1.54) is 7.11 Å². The number of terminal acetylenes is 1. The quantitative estimate of drug-likeness (QED) is 0.828. The summed E-state index contributed by atoms with van der Waals surface area (Å²) in [4.78, 5) is 13.6. The monoisotopic (exact) mass is 347 g/mol. The number of aliphatic hydroxyl groups is 1. The smallest absolute Gasteiger partial charge is 0.409 e. The second-order valence-electron chi connectivity index (χ2n) is 6.49. The van der Waals surface area contributed by atoms with Gasteiger partial charge in [0.25, 0.3) is 0 Å². The molecule has 1 heterocycles. The summed E-state index contributed by atoms with van der Waals surface area (Å²) >= 11 is 0. The molecule has 0 radical (unpaired) electrons. The Bertz CT molecular complexity index is 666. The Morgan fingerprint density at radius 1 is 1.48 bits per heavy atom. The van der Waals surface area contributed by atoms with Gasteiger partial charge in [-0.3, -0.25) is 0 Å². The second-order valence-corrected chi connectivity index (χ2v) is 6.49. The zero-order chi connectivity index (χ0) is 18.6. The van der Waals surface area contributed by atoms with Gasteiger partial charge in [-0.2, -0.15) is 0 Å². The maximum Gasteiger partial charge on any atom is 0.409 e. The zero-order valence-corrected chi connectivity index (χ0v) is 15.1. The van der Waals surface area contributed by atoms with Crippen molar-refractivity contribution in [1.29, 1.82) is 0 Å². The number of nitrogens with zero attached hydrogens (tertiary/aromatic N) is 1. The van der Waals surface area contributed by atoms with Crippen molar-refractivity contribution >= 4 is 6.09 Å². The summed E-state index contributed by atoms with van der Waals surface area (Å²) in [5.74, 6) is 3.48. The minimum atomic E-state index is -0.607. The summed E-state index contributed by atoms with van der Waals surface area (Å²) in [6, 6.07) is 5.60. The number of benzene rings is 1. The van der Waals surface area contributed by atoms with Crippen LogP contribution in [0.1, 0.15) is 25.3 Å². The van der Waals surface area contributed by atoms with Crippen molar-refractivity contribution in [2.75, 3.05) is 33.9 Å². The number of hydrogen-bond acceptors (Lipinski definition) is 5. The number of rotatable bonds is 5. The van der Waals surface area contributed by atoms with E-state index >= 15 is 0 Å². The molecule has 6 nitrogen and oxygen atoms in total. The Hall–Kier alpha value is -2.39. The molecule has 25 heavy (non-hydrogen) atoms. The Labute approximate surface area is 148 Å². The molecule has 0 aromatic heterocycles. The predicted octanol–water partition coefficient (Wildman–Crippen LogP) is 2.26. The Morgan fingerprint density at radius 2 is 2.20 bits per heavy atom. The summed E-state index contributed by atoms with van der Waals surface area (Å²) in [5.41, 5.74) is 0.439. The third-order valence-electron chi connectivity index (χ3n) is 5.02. The van der Waals surface area contributed by atoms with Gasteiger partial charge in [-0.1, -0.05) is 18.9 Å². The fourth-order valence-electron chi connectivity index (χ4n) is 3.33. The van der Waals surface area contributed by atoms with Crippen molar-refractivity contribution in [2.45, 2.75) is 25.9 Å². The molecular weight excluding hydrogens is 322 g/mol. The number of methoxy groups -OCH3 is 2. The van der Waals surface area contributed by atoms with E-state index in [2.05, 4.69) is 5.92 Å². The molecule has 0 aliphatic carbocycles. The topological polar surface area (TPSA) is 68.2 Å². The van der Waals surface area contributed by atoms with Gasteiger partial charge in [-0.05, 0) is 24.6 Å². The summed E-state index contributed by atoms with van der Waals surface area (Å²) in [7, 11) is 2.92. The van der Waals surface area contributed by atoms with Gasteiger partial charge in [0.05, 0.1) is 20.3 Å². The van der Waals surface area contributed by atoms with Crippen LogP contribution < -0.4 is 9.47 Å². The van der Waals surface area contributed by atoms with E-state index < -0.39 is 17.6 Å². The average molecular weight is 347 g/mol. The van der Waals surface area contributed by atoms with Gasteiger partial charge >= 0.3 is 6.09 Å². The van der Waals surface area contributed by atoms with Crippen LogP contribution in [-0.4, -0.2) is 56.1 Å². The maximum absolute atomic E-state index is 12.0. The molecular formula is C19H25NO5. The molecule has 3 atom stereocenters. The first-order chi connectivity index (χ1) is 11.9. The molecule has 1 amide bonds. The van der Waals surface area contributed by atoms with Crippen LogP contribution in [0.5, 0.6) is 11.5 Å². The number of hydrogen-bond donors (Lipinski definition) is 1. The molecule has 1 N–H and O–H groups in total. The Balaban J connectivity index is 2.40. The van der Waals surface area contributed by atoms with Gasteiger partial charge < -0.3 is 24.2 Å². The molecule has 1 aliphatic heterocycles. The van der Waals surface area contributed by atoms with E-state index in [0.29, 0.717) is 24.6 Å². The fraction of sp³-hybridized carbons (Fsp3) is 0.526. The summed E-state index contributed by atoms with van der Waals surface area (Å²) in [6.07, 6.45) is 4.27. The molecule has 136 valence electrons. The first-order valence-corrected chi connectivity index (χ1v) is 8.12. The van der Waals surface area contributed by atoms with E-state index in [9.17, 15) is 9.90 Å². The molecule has 1 aliphatic rings. The third-order valence-corrected chi connectivity index (χ3v) is 5.02. The van der Waals surface area contributed by atoms with Crippen molar-refractivity contribution in [3.05, 3.63) is 23.8 Å². The van der Waals surface area contributed by atoms with E-state index in [0.717, 1.165) is 5.56 Å². The maximum atomic E-state index is 12.0. The van der Waals surface area contributed by atoms with Crippen LogP contribution in [0.2, 0.25) is 0 Å². The molecule has 1 aromatic rings. The van der Waals surface area contributed by atoms with Crippen molar-refractivity contribution in [3.63, 3.8) is 0 Å². The van der Waals surface area contributed by atoms with E-state index in [4.69, 9.17) is 20.6 Å². The molecule has 1 saturated heterocycles. The fourth-order valence-corrected chi connectivity index (χ4v) is 3.33. The van der Waals surface area contributed by atoms with Gasteiger partial charge in [-0.25, -0.2) is 4.79 Å². The average Bonchev–Trinajstić information content (AvgIpc) is 2.98. The lowest BCUT2D eigenvalue weighted by Crippen LogP contribution is -2.38. The molecule has 6 heteroatoms. The molecule has 0 spiro atoms. The standard InChI is InChI=1S/C19H25NO5/c1-6-9-25-17-10-14(7-8-16(17)23-4)15-11-20(18(22)24-5)12-19(15,3)13(2)21/h1,7-8,10,13,15,21H,9,11-12H2,2-5H3/t13-,15+,19+/m1/s1. The molecule has 0 bridgehead atoms. The highest BCUT2D eigenvalue weighted by Crippen LogP contribution is 2.46. The number of amides is 1. The van der Waals surface area contributed by atoms with E-state index in [-0.39, 0.29) is 12.5 Å². The van der Waals surface area contributed by atoms with Gasteiger partial charge in [0.15, 0.2) is 11.5 Å². The summed E-state index contributed by atoms with van der Waals surface area (Å²) < 4.78 is 15.7. The molecule has 0 unspecified atom stereocenters. The van der Waals surface area contributed by atoms with Crippen molar-refractivity contribution < 1.29 is 24.1 Å². The number of carbonyl (C=O) groups excluding carboxylic acids is 1. The highest BCUT2D eigenvalue weighted by Gasteiger charge is 2.48. The number of carbonyl (C=O) groups is 1. The predicted molar refractivity (Wildman–Crippen MR) is 93.8 cm³/mol. The van der Waals surface area contributed by atoms with Crippen LogP contribution in [0.4, 0.5) is 4.79 Å². The molecule has 2 rings (SSSR count). The van der Waals surface area contributed by atoms with Gasteiger partial charge in [0.2, 0.25) is 0 Å². The van der Waals surface area contributed by atoms with Gasteiger partial charge in [-0.15, -0.1) is 6.42 Å². The van der Waals surface area contributed by atoms with Crippen molar-refractivity contribution in [2.24, 2.45) is 5.41 Å². The minimum absolute atomic E-state index is 0.0781. The highest BCUT2D eigenvalue weighted by molar-refractivity contribution is 5.68. The SMILES string of the molecule is C#CCOc1cc([C@@H]2CN(C(=O)OC)C[C@@]2(C)[C@@H](C)O)ccc1OC. The Kier molecular flexibility index (Phi) is 5.81.